The number of nitrogens with one attached hydrogen (secondary N) is 2. The van der Waals surface area contributed by atoms with Crippen molar-refractivity contribution in [2.45, 2.75) is 13.0 Å². The second kappa shape index (κ2) is 6.28. The minimum absolute atomic E-state index is 0. The first-order valence-corrected chi connectivity index (χ1v) is 6.67. The SMILES string of the molecule is Cc1cc(C(=O)N2CCNCC2c2nccn2C)n[nH]1.Cl. The number of aromatic amines is 1. The molecule has 1 saturated heterocycles. The van der Waals surface area contributed by atoms with Gasteiger partial charge in [-0.15, -0.1) is 12.4 Å². The topological polar surface area (TPSA) is 78.8 Å². The molecule has 3 rings (SSSR count). The zero-order valence-electron chi connectivity index (χ0n) is 12.0. The zero-order chi connectivity index (χ0) is 14.1. The molecule has 0 radical (unpaired) electrons. The molecular formula is C13H19ClN6O. The average molecular weight is 311 g/mol. The third-order valence-electron chi connectivity index (χ3n) is 3.59. The van der Waals surface area contributed by atoms with Crippen LogP contribution in [0.25, 0.3) is 0 Å². The summed E-state index contributed by atoms with van der Waals surface area (Å²) in [5, 5.41) is 10.2. The van der Waals surface area contributed by atoms with Gasteiger partial charge in [-0.2, -0.15) is 5.10 Å². The standard InChI is InChI=1S/C13H18N6O.ClH/c1-9-7-10(17-16-9)13(20)19-6-3-14-8-11(19)12-15-4-5-18(12)2;/h4-5,7,11,14H,3,6,8H2,1-2H3,(H,16,17);1H. The molecule has 114 valence electrons. The molecule has 0 saturated carbocycles. The van der Waals surface area contributed by atoms with E-state index >= 15 is 0 Å². The molecule has 0 spiro atoms. The number of halogens is 1. The fourth-order valence-electron chi connectivity index (χ4n) is 2.55. The van der Waals surface area contributed by atoms with Gasteiger partial charge in [-0.3, -0.25) is 9.89 Å². The lowest BCUT2D eigenvalue weighted by Crippen LogP contribution is -2.49. The normalized spacial score (nSPS) is 18.4. The second-order valence-corrected chi connectivity index (χ2v) is 5.05. The lowest BCUT2D eigenvalue weighted by atomic mass is 10.1. The van der Waals surface area contributed by atoms with Crippen molar-refractivity contribution in [2.75, 3.05) is 19.6 Å². The Bertz CT molecular complexity index is 622. The molecule has 0 aliphatic carbocycles. The van der Waals surface area contributed by atoms with Crippen LogP contribution in [0.4, 0.5) is 0 Å². The summed E-state index contributed by atoms with van der Waals surface area (Å²) >= 11 is 0. The van der Waals surface area contributed by atoms with Crippen LogP contribution in [-0.2, 0) is 7.05 Å². The summed E-state index contributed by atoms with van der Waals surface area (Å²) < 4.78 is 1.95. The molecule has 7 nitrogen and oxygen atoms in total. The number of carbonyl (C=O) groups excluding carboxylic acids is 1. The van der Waals surface area contributed by atoms with Crippen LogP contribution in [0.5, 0.6) is 0 Å². The molecule has 1 aliphatic heterocycles. The molecule has 2 aromatic heterocycles. The molecule has 3 heterocycles. The summed E-state index contributed by atoms with van der Waals surface area (Å²) in [5.41, 5.74) is 1.35. The Morgan fingerprint density at radius 1 is 1.48 bits per heavy atom. The van der Waals surface area contributed by atoms with E-state index in [9.17, 15) is 4.79 Å². The number of rotatable bonds is 2. The van der Waals surface area contributed by atoms with Crippen molar-refractivity contribution < 1.29 is 4.79 Å². The van der Waals surface area contributed by atoms with E-state index in [1.165, 1.54) is 0 Å². The summed E-state index contributed by atoms with van der Waals surface area (Å²) in [4.78, 5) is 18.8. The molecule has 0 aromatic carbocycles. The van der Waals surface area contributed by atoms with Gasteiger partial charge >= 0.3 is 0 Å². The Labute approximate surface area is 129 Å². The van der Waals surface area contributed by atoms with E-state index in [1.807, 2.05) is 29.6 Å². The number of imidazole rings is 1. The van der Waals surface area contributed by atoms with Crippen LogP contribution in [-0.4, -0.2) is 50.2 Å². The predicted octanol–water partition coefficient (Wildman–Crippen LogP) is 0.660. The van der Waals surface area contributed by atoms with Crippen LogP contribution in [0.1, 0.15) is 28.0 Å². The number of aromatic nitrogens is 4. The molecule has 8 heteroatoms. The number of amides is 1. The lowest BCUT2D eigenvalue weighted by Gasteiger charge is -2.35. The average Bonchev–Trinajstić information content (AvgIpc) is 3.07. The molecule has 1 atom stereocenters. The predicted molar refractivity (Wildman–Crippen MR) is 80.4 cm³/mol. The number of piperazine rings is 1. The molecule has 1 fully saturated rings. The first-order valence-electron chi connectivity index (χ1n) is 6.67. The Hall–Kier alpha value is -1.86. The van der Waals surface area contributed by atoms with Crippen LogP contribution in [0.2, 0.25) is 0 Å². The Kier molecular flexibility index (Phi) is 4.64. The van der Waals surface area contributed by atoms with Crippen molar-refractivity contribution in [1.29, 1.82) is 0 Å². The maximum Gasteiger partial charge on any atom is 0.275 e. The van der Waals surface area contributed by atoms with E-state index < -0.39 is 0 Å². The van der Waals surface area contributed by atoms with Gasteiger partial charge in [0.05, 0.1) is 0 Å². The molecule has 1 aliphatic rings. The summed E-state index contributed by atoms with van der Waals surface area (Å²) in [7, 11) is 1.94. The lowest BCUT2D eigenvalue weighted by molar-refractivity contribution is 0.0614. The number of hydrogen-bond acceptors (Lipinski definition) is 4. The highest BCUT2D eigenvalue weighted by atomic mass is 35.5. The molecule has 2 aromatic rings. The van der Waals surface area contributed by atoms with Crippen molar-refractivity contribution in [3.8, 4) is 0 Å². The van der Waals surface area contributed by atoms with Crippen molar-refractivity contribution >= 4 is 18.3 Å². The summed E-state index contributed by atoms with van der Waals surface area (Å²) in [6, 6.07) is 1.72. The highest BCUT2D eigenvalue weighted by molar-refractivity contribution is 5.92. The first kappa shape index (κ1) is 15.5. The van der Waals surface area contributed by atoms with Gasteiger partial charge in [0.25, 0.3) is 5.91 Å². The zero-order valence-corrected chi connectivity index (χ0v) is 12.9. The molecule has 2 N–H and O–H groups in total. The van der Waals surface area contributed by atoms with Gasteiger partial charge in [-0.05, 0) is 13.0 Å². The fraction of sp³-hybridized carbons (Fsp3) is 0.462. The van der Waals surface area contributed by atoms with Crippen molar-refractivity contribution in [1.82, 2.24) is 30.0 Å². The minimum atomic E-state index is -0.0618. The smallest absolute Gasteiger partial charge is 0.275 e. The molecule has 1 amide bonds. The second-order valence-electron chi connectivity index (χ2n) is 5.05. The summed E-state index contributed by atoms with van der Waals surface area (Å²) in [6.07, 6.45) is 3.65. The number of nitrogens with zero attached hydrogens (tertiary/aromatic N) is 4. The van der Waals surface area contributed by atoms with Crippen molar-refractivity contribution in [2.24, 2.45) is 7.05 Å². The van der Waals surface area contributed by atoms with E-state index in [0.717, 1.165) is 18.1 Å². The molecular weight excluding hydrogens is 292 g/mol. The quantitative estimate of drug-likeness (QED) is 0.854. The van der Waals surface area contributed by atoms with E-state index in [1.54, 1.807) is 12.3 Å². The highest BCUT2D eigenvalue weighted by Gasteiger charge is 2.31. The Morgan fingerprint density at radius 3 is 2.90 bits per heavy atom. The van der Waals surface area contributed by atoms with Gasteiger partial charge in [-0.1, -0.05) is 0 Å². The van der Waals surface area contributed by atoms with Crippen LogP contribution < -0.4 is 5.32 Å². The monoisotopic (exact) mass is 310 g/mol. The Balaban J connectivity index is 0.00000161. The van der Waals surface area contributed by atoms with Gasteiger partial charge in [0.1, 0.15) is 17.6 Å². The van der Waals surface area contributed by atoms with E-state index in [0.29, 0.717) is 18.8 Å². The largest absolute Gasteiger partial charge is 0.336 e. The van der Waals surface area contributed by atoms with Crippen LogP contribution in [0, 0.1) is 6.92 Å². The van der Waals surface area contributed by atoms with E-state index in [4.69, 9.17) is 0 Å². The summed E-state index contributed by atoms with van der Waals surface area (Å²) in [5.74, 6) is 0.835. The van der Waals surface area contributed by atoms with Crippen LogP contribution >= 0.6 is 12.4 Å². The van der Waals surface area contributed by atoms with Gasteiger partial charge < -0.3 is 14.8 Å². The van der Waals surface area contributed by atoms with E-state index in [-0.39, 0.29) is 24.4 Å². The molecule has 1 unspecified atom stereocenters. The third-order valence-corrected chi connectivity index (χ3v) is 3.59. The van der Waals surface area contributed by atoms with E-state index in [2.05, 4.69) is 20.5 Å². The number of H-pyrrole nitrogens is 1. The van der Waals surface area contributed by atoms with Crippen molar-refractivity contribution in [3.05, 3.63) is 35.7 Å². The summed E-state index contributed by atoms with van der Waals surface area (Å²) in [6.45, 7) is 4.04. The Morgan fingerprint density at radius 2 is 2.29 bits per heavy atom. The number of aryl methyl sites for hydroxylation is 2. The van der Waals surface area contributed by atoms with Crippen LogP contribution in [0.15, 0.2) is 18.5 Å². The fourth-order valence-corrected chi connectivity index (χ4v) is 2.55. The maximum absolute atomic E-state index is 12.6. The molecule has 21 heavy (non-hydrogen) atoms. The van der Waals surface area contributed by atoms with Gasteiger partial charge in [-0.25, -0.2) is 4.98 Å². The third kappa shape index (κ3) is 2.93. The molecule has 0 bridgehead atoms. The first-order chi connectivity index (χ1) is 9.66. The van der Waals surface area contributed by atoms with Gasteiger partial charge in [0.15, 0.2) is 0 Å². The highest BCUT2D eigenvalue weighted by Crippen LogP contribution is 2.22. The van der Waals surface area contributed by atoms with Crippen LogP contribution in [0.3, 0.4) is 0 Å². The minimum Gasteiger partial charge on any atom is -0.336 e. The number of carbonyl (C=O) groups is 1. The van der Waals surface area contributed by atoms with Gasteiger partial charge in [0, 0.05) is 44.8 Å². The maximum atomic E-state index is 12.6. The number of hydrogen-bond donors (Lipinski definition) is 2. The van der Waals surface area contributed by atoms with Crippen molar-refractivity contribution in [3.63, 3.8) is 0 Å². The van der Waals surface area contributed by atoms with Gasteiger partial charge in [0.2, 0.25) is 0 Å².